The van der Waals surface area contributed by atoms with Gasteiger partial charge in [-0.1, -0.05) is 6.07 Å². The summed E-state index contributed by atoms with van der Waals surface area (Å²) in [6, 6.07) is 11.0. The number of hydrogen-bond acceptors (Lipinski definition) is 6. The molecule has 0 unspecified atom stereocenters. The number of piperazine rings is 1. The van der Waals surface area contributed by atoms with Crippen molar-refractivity contribution < 1.29 is 4.79 Å². The molecule has 0 spiro atoms. The molecule has 29 heavy (non-hydrogen) atoms. The third kappa shape index (κ3) is 4.32. The van der Waals surface area contributed by atoms with E-state index in [2.05, 4.69) is 20.9 Å². The van der Waals surface area contributed by atoms with Gasteiger partial charge in [0.25, 0.3) is 5.91 Å². The zero-order valence-corrected chi connectivity index (χ0v) is 16.8. The molecule has 1 aromatic heterocycles. The van der Waals surface area contributed by atoms with Crippen molar-refractivity contribution in [1.82, 2.24) is 14.9 Å². The van der Waals surface area contributed by atoms with E-state index in [4.69, 9.17) is 10.2 Å². The molecule has 0 radical (unpaired) electrons. The van der Waals surface area contributed by atoms with Gasteiger partial charge in [-0.2, -0.15) is 10.2 Å². The fourth-order valence-corrected chi connectivity index (χ4v) is 3.98. The second kappa shape index (κ2) is 8.48. The Morgan fingerprint density at radius 1 is 0.966 bits per heavy atom. The lowest BCUT2D eigenvalue weighted by Crippen LogP contribution is -2.49. The fourth-order valence-electron chi connectivity index (χ4n) is 3.98. The molecule has 2 aliphatic heterocycles. The van der Waals surface area contributed by atoms with Gasteiger partial charge in [-0.3, -0.25) is 4.79 Å². The number of rotatable bonds is 3. The monoisotopic (exact) mass is 390 g/mol. The minimum atomic E-state index is -0.0189. The number of piperidine rings is 1. The summed E-state index contributed by atoms with van der Waals surface area (Å²) in [4.78, 5) is 28.6. The average molecular weight is 390 g/mol. The van der Waals surface area contributed by atoms with Crippen LogP contribution in [-0.4, -0.2) is 60.0 Å². The quantitative estimate of drug-likeness (QED) is 0.802. The lowest BCUT2D eigenvalue weighted by molar-refractivity contribution is 0.0746. The number of nitriles is 1. The van der Waals surface area contributed by atoms with Crippen molar-refractivity contribution in [3.63, 3.8) is 0 Å². The van der Waals surface area contributed by atoms with Crippen LogP contribution in [0.15, 0.2) is 30.3 Å². The molecule has 2 aromatic rings. The number of carbonyl (C=O) groups excluding carboxylic acids is 1. The lowest BCUT2D eigenvalue weighted by Gasteiger charge is -2.36. The van der Waals surface area contributed by atoms with Crippen LogP contribution in [0.5, 0.6) is 0 Å². The molecule has 0 N–H and O–H groups in total. The largest absolute Gasteiger partial charge is 0.353 e. The summed E-state index contributed by atoms with van der Waals surface area (Å²) < 4.78 is 0. The minimum Gasteiger partial charge on any atom is -0.353 e. The summed E-state index contributed by atoms with van der Waals surface area (Å²) in [5.74, 6) is 1.75. The van der Waals surface area contributed by atoms with Crippen LogP contribution in [0.1, 0.15) is 40.9 Å². The molecular formula is C22H26N6O. The summed E-state index contributed by atoms with van der Waals surface area (Å²) >= 11 is 0. The van der Waals surface area contributed by atoms with Crippen LogP contribution in [0.4, 0.5) is 11.8 Å². The van der Waals surface area contributed by atoms with Gasteiger partial charge in [0.15, 0.2) is 0 Å². The zero-order valence-electron chi connectivity index (χ0n) is 16.8. The van der Waals surface area contributed by atoms with E-state index >= 15 is 0 Å². The number of nitrogens with zero attached hydrogens (tertiary/aromatic N) is 6. The Balaban J connectivity index is 1.43. The molecule has 0 saturated carbocycles. The van der Waals surface area contributed by atoms with E-state index in [1.807, 2.05) is 17.9 Å². The normalized spacial score (nSPS) is 17.2. The van der Waals surface area contributed by atoms with Crippen LogP contribution in [0, 0.1) is 18.3 Å². The smallest absolute Gasteiger partial charge is 0.254 e. The molecule has 7 heteroatoms. The number of amides is 1. The van der Waals surface area contributed by atoms with Crippen molar-refractivity contribution in [3.05, 3.63) is 47.2 Å². The summed E-state index contributed by atoms with van der Waals surface area (Å²) in [7, 11) is 0. The first-order valence-electron chi connectivity index (χ1n) is 10.3. The molecular weight excluding hydrogens is 364 g/mol. The molecule has 0 aliphatic carbocycles. The molecule has 150 valence electrons. The van der Waals surface area contributed by atoms with Crippen LogP contribution in [0.2, 0.25) is 0 Å². The van der Waals surface area contributed by atoms with Crippen molar-refractivity contribution in [2.24, 2.45) is 0 Å². The topological polar surface area (TPSA) is 76.4 Å². The van der Waals surface area contributed by atoms with E-state index in [9.17, 15) is 4.79 Å². The minimum absolute atomic E-state index is 0.0189. The predicted octanol–water partition coefficient (Wildman–Crippen LogP) is 2.61. The Bertz CT molecular complexity index is 923. The van der Waals surface area contributed by atoms with Crippen LogP contribution in [-0.2, 0) is 0 Å². The zero-order chi connectivity index (χ0) is 20.2. The molecule has 3 heterocycles. The molecule has 2 fully saturated rings. The molecule has 7 nitrogen and oxygen atoms in total. The third-order valence-electron chi connectivity index (χ3n) is 5.60. The maximum absolute atomic E-state index is 12.8. The highest BCUT2D eigenvalue weighted by Gasteiger charge is 2.24. The molecule has 0 bridgehead atoms. The van der Waals surface area contributed by atoms with Crippen molar-refractivity contribution in [2.45, 2.75) is 26.2 Å². The van der Waals surface area contributed by atoms with Gasteiger partial charge in [-0.05, 0) is 44.4 Å². The van der Waals surface area contributed by atoms with Crippen LogP contribution in [0.3, 0.4) is 0 Å². The second-order valence-electron chi connectivity index (χ2n) is 7.69. The Morgan fingerprint density at radius 2 is 1.72 bits per heavy atom. The van der Waals surface area contributed by atoms with Gasteiger partial charge in [-0.15, -0.1) is 0 Å². The average Bonchev–Trinajstić information content (AvgIpc) is 2.79. The molecule has 1 amide bonds. The first kappa shape index (κ1) is 19.2. The van der Waals surface area contributed by atoms with Crippen LogP contribution in [0.25, 0.3) is 0 Å². The van der Waals surface area contributed by atoms with E-state index in [1.54, 1.807) is 24.3 Å². The summed E-state index contributed by atoms with van der Waals surface area (Å²) in [6.07, 6.45) is 3.67. The number of carbonyl (C=O) groups is 1. The van der Waals surface area contributed by atoms with Crippen LogP contribution < -0.4 is 9.80 Å². The SMILES string of the molecule is Cc1cc(N2CCN(C(=O)c3cccc(C#N)c3)CC2)nc(N2CCCCC2)n1. The van der Waals surface area contributed by atoms with E-state index in [-0.39, 0.29) is 5.91 Å². The highest BCUT2D eigenvalue weighted by atomic mass is 16.2. The van der Waals surface area contributed by atoms with Crippen molar-refractivity contribution >= 4 is 17.7 Å². The maximum atomic E-state index is 12.8. The number of anilines is 2. The Morgan fingerprint density at radius 3 is 2.45 bits per heavy atom. The van der Waals surface area contributed by atoms with Gasteiger partial charge in [0.05, 0.1) is 11.6 Å². The summed E-state index contributed by atoms with van der Waals surface area (Å²) in [6.45, 7) is 6.80. The lowest BCUT2D eigenvalue weighted by atomic mass is 10.1. The van der Waals surface area contributed by atoms with E-state index in [1.165, 1.54) is 19.3 Å². The van der Waals surface area contributed by atoms with E-state index in [0.717, 1.165) is 43.6 Å². The first-order valence-corrected chi connectivity index (χ1v) is 10.3. The van der Waals surface area contributed by atoms with Gasteiger partial charge in [0.2, 0.25) is 5.95 Å². The number of aryl methyl sites for hydroxylation is 1. The number of hydrogen-bond donors (Lipinski definition) is 0. The molecule has 4 rings (SSSR count). The molecule has 1 aromatic carbocycles. The van der Waals surface area contributed by atoms with Gasteiger partial charge < -0.3 is 14.7 Å². The number of aromatic nitrogens is 2. The maximum Gasteiger partial charge on any atom is 0.254 e. The number of benzene rings is 1. The van der Waals surface area contributed by atoms with Gasteiger partial charge in [0.1, 0.15) is 5.82 Å². The summed E-state index contributed by atoms with van der Waals surface area (Å²) in [5.41, 5.74) is 2.06. The second-order valence-corrected chi connectivity index (χ2v) is 7.69. The summed E-state index contributed by atoms with van der Waals surface area (Å²) in [5, 5.41) is 9.06. The van der Waals surface area contributed by atoms with E-state index in [0.29, 0.717) is 24.2 Å². The van der Waals surface area contributed by atoms with Crippen LogP contribution >= 0.6 is 0 Å². The molecule has 2 saturated heterocycles. The van der Waals surface area contributed by atoms with Crippen molar-refractivity contribution in [3.8, 4) is 6.07 Å². The fraction of sp³-hybridized carbons (Fsp3) is 0.455. The Hall–Kier alpha value is -3.14. The Kier molecular flexibility index (Phi) is 5.61. The van der Waals surface area contributed by atoms with Crippen molar-refractivity contribution in [2.75, 3.05) is 49.1 Å². The van der Waals surface area contributed by atoms with Gasteiger partial charge >= 0.3 is 0 Å². The highest BCUT2D eigenvalue weighted by molar-refractivity contribution is 5.94. The van der Waals surface area contributed by atoms with Gasteiger partial charge in [-0.25, -0.2) is 4.98 Å². The standard InChI is InChI=1S/C22H26N6O/c1-17-14-20(25-22(24-17)28-8-3-2-4-9-28)26-10-12-27(13-11-26)21(29)19-7-5-6-18(15-19)16-23/h5-7,14-15H,2-4,8-13H2,1H3. The highest BCUT2D eigenvalue weighted by Crippen LogP contribution is 2.22. The Labute approximate surface area is 171 Å². The first-order chi connectivity index (χ1) is 14.1. The molecule has 0 atom stereocenters. The van der Waals surface area contributed by atoms with Crippen molar-refractivity contribution in [1.29, 1.82) is 5.26 Å². The molecule has 2 aliphatic rings. The predicted molar refractivity (Wildman–Crippen MR) is 112 cm³/mol. The van der Waals surface area contributed by atoms with Gasteiger partial charge in [0, 0.05) is 56.6 Å². The van der Waals surface area contributed by atoms with E-state index < -0.39 is 0 Å². The third-order valence-corrected chi connectivity index (χ3v) is 5.60.